The largest absolute Gasteiger partial charge is 0.325 e. The molecular weight excluding hydrogens is 608 g/mol. The molecule has 0 heterocycles. The Morgan fingerprint density at radius 2 is 1.56 bits per heavy atom. The van der Waals surface area contributed by atoms with Crippen molar-refractivity contribution in [3.05, 3.63) is 135 Å². The third-order valence-electron chi connectivity index (χ3n) is 5.51. The zero-order valence-corrected chi connectivity index (χ0v) is 23.8. The highest BCUT2D eigenvalue weighted by Gasteiger charge is 2.16. The van der Waals surface area contributed by atoms with E-state index in [9.17, 15) is 24.5 Å². The first-order chi connectivity index (χ1) is 19.8. The molecule has 0 spiro atoms. The lowest BCUT2D eigenvalue weighted by Gasteiger charge is -2.12. The second-order valence-electron chi connectivity index (χ2n) is 8.56. The van der Waals surface area contributed by atoms with Crippen molar-refractivity contribution in [2.24, 2.45) is 0 Å². The smallest absolute Gasteiger partial charge is 0.272 e. The third-order valence-corrected chi connectivity index (χ3v) is 7.00. The van der Waals surface area contributed by atoms with Crippen LogP contribution in [0.25, 0.3) is 6.08 Å². The maximum absolute atomic E-state index is 13.3. The van der Waals surface area contributed by atoms with Crippen molar-refractivity contribution in [1.29, 1.82) is 0 Å². The molecular formula is C30H23BrN4O5S. The molecule has 0 atom stereocenters. The fraction of sp³-hybridized carbons (Fsp3) is 0.0333. The summed E-state index contributed by atoms with van der Waals surface area (Å²) >= 11 is 4.67. The predicted molar refractivity (Wildman–Crippen MR) is 164 cm³/mol. The molecule has 0 aliphatic heterocycles. The molecule has 0 unspecified atom stereocenters. The highest BCUT2D eigenvalue weighted by atomic mass is 79.9. The number of nitrogens with zero attached hydrogens (tertiary/aromatic N) is 1. The second-order valence-corrected chi connectivity index (χ2v) is 10.5. The molecule has 3 N–H and O–H groups in total. The van der Waals surface area contributed by atoms with Crippen LogP contribution in [0.4, 0.5) is 17.1 Å². The fourth-order valence-electron chi connectivity index (χ4n) is 3.58. The summed E-state index contributed by atoms with van der Waals surface area (Å²) in [7, 11) is 0. The van der Waals surface area contributed by atoms with Crippen LogP contribution in [-0.4, -0.2) is 28.4 Å². The van der Waals surface area contributed by atoms with Crippen molar-refractivity contribution in [3.63, 3.8) is 0 Å². The number of nitrogens with one attached hydrogen (secondary N) is 3. The van der Waals surface area contributed by atoms with E-state index >= 15 is 0 Å². The van der Waals surface area contributed by atoms with E-state index in [1.165, 1.54) is 36.0 Å². The first kappa shape index (κ1) is 29.2. The highest BCUT2D eigenvalue weighted by Crippen LogP contribution is 2.23. The number of amides is 3. The molecule has 0 bridgehead atoms. The molecule has 0 saturated carbocycles. The lowest BCUT2D eigenvalue weighted by Crippen LogP contribution is -2.30. The van der Waals surface area contributed by atoms with Gasteiger partial charge in [-0.25, -0.2) is 0 Å². The maximum atomic E-state index is 13.3. The fourth-order valence-corrected chi connectivity index (χ4v) is 4.75. The lowest BCUT2D eigenvalue weighted by atomic mass is 10.1. The minimum Gasteiger partial charge on any atom is -0.325 e. The van der Waals surface area contributed by atoms with Gasteiger partial charge in [-0.15, -0.1) is 11.8 Å². The van der Waals surface area contributed by atoms with Gasteiger partial charge in [0.15, 0.2) is 0 Å². The van der Waals surface area contributed by atoms with Crippen molar-refractivity contribution < 1.29 is 19.3 Å². The van der Waals surface area contributed by atoms with E-state index in [2.05, 4.69) is 31.9 Å². The number of benzene rings is 4. The van der Waals surface area contributed by atoms with E-state index in [0.717, 1.165) is 9.37 Å². The minimum atomic E-state index is -0.521. The number of hydrogen-bond acceptors (Lipinski definition) is 6. The van der Waals surface area contributed by atoms with Gasteiger partial charge in [0.2, 0.25) is 5.91 Å². The number of hydrogen-bond donors (Lipinski definition) is 3. The van der Waals surface area contributed by atoms with Gasteiger partial charge in [-0.3, -0.25) is 24.5 Å². The van der Waals surface area contributed by atoms with Crippen molar-refractivity contribution in [3.8, 4) is 0 Å². The quantitative estimate of drug-likeness (QED) is 0.0793. The van der Waals surface area contributed by atoms with Crippen LogP contribution in [0, 0.1) is 10.1 Å². The van der Waals surface area contributed by atoms with Crippen LogP contribution in [-0.2, 0) is 9.59 Å². The summed E-state index contributed by atoms with van der Waals surface area (Å²) in [4.78, 5) is 49.5. The van der Waals surface area contributed by atoms with E-state index in [1.54, 1.807) is 60.7 Å². The summed E-state index contributed by atoms with van der Waals surface area (Å²) in [6, 6.07) is 28.4. The molecule has 0 aliphatic rings. The molecule has 11 heteroatoms. The number of thioether (sulfide) groups is 1. The molecule has 0 aliphatic carbocycles. The van der Waals surface area contributed by atoms with Crippen LogP contribution in [0.2, 0.25) is 0 Å². The van der Waals surface area contributed by atoms with Gasteiger partial charge in [-0.2, -0.15) is 0 Å². The Bertz CT molecular complexity index is 1610. The number of anilines is 2. The van der Waals surface area contributed by atoms with Crippen molar-refractivity contribution in [2.75, 3.05) is 16.4 Å². The number of non-ortho nitro benzene ring substituents is 1. The van der Waals surface area contributed by atoms with Crippen molar-refractivity contribution in [2.45, 2.75) is 4.90 Å². The molecule has 0 radical (unpaired) electrons. The highest BCUT2D eigenvalue weighted by molar-refractivity contribution is 9.10. The molecule has 41 heavy (non-hydrogen) atoms. The Labute approximate surface area is 248 Å². The Kier molecular flexibility index (Phi) is 10.0. The summed E-state index contributed by atoms with van der Waals surface area (Å²) < 4.78 is 0.822. The Morgan fingerprint density at radius 3 is 2.27 bits per heavy atom. The molecule has 4 rings (SSSR count). The zero-order chi connectivity index (χ0) is 29.2. The first-order valence-corrected chi connectivity index (χ1v) is 14.0. The molecule has 206 valence electrons. The van der Waals surface area contributed by atoms with Gasteiger partial charge in [0.05, 0.1) is 10.7 Å². The van der Waals surface area contributed by atoms with E-state index in [-0.39, 0.29) is 23.0 Å². The van der Waals surface area contributed by atoms with Crippen LogP contribution in [0.3, 0.4) is 0 Å². The SMILES string of the molecule is O=C(CSc1cccc(NC(=O)/C(=C\c2cccc(Br)c2)NC(=O)c2ccccc2)c1)Nc1ccc([N+](=O)[O-])cc1. The molecule has 4 aromatic carbocycles. The van der Waals surface area contributed by atoms with Crippen molar-refractivity contribution >= 4 is 68.6 Å². The normalized spacial score (nSPS) is 10.9. The van der Waals surface area contributed by atoms with Crippen molar-refractivity contribution in [1.82, 2.24) is 5.32 Å². The van der Waals surface area contributed by atoms with Crippen LogP contribution < -0.4 is 16.0 Å². The van der Waals surface area contributed by atoms with Crippen LogP contribution in [0.15, 0.2) is 118 Å². The standard InChI is InChI=1S/C30H23BrN4O5S/c31-22-9-4-6-20(16-22)17-27(34-29(37)21-7-2-1-3-8-21)30(38)33-24-10-5-11-26(18-24)41-19-28(36)32-23-12-14-25(15-13-23)35(39)40/h1-18H,19H2,(H,32,36)(H,33,38)(H,34,37)/b27-17+. The van der Waals surface area contributed by atoms with E-state index in [0.29, 0.717) is 22.5 Å². The van der Waals surface area contributed by atoms with Gasteiger partial charge in [0.1, 0.15) is 5.70 Å². The maximum Gasteiger partial charge on any atom is 0.272 e. The summed E-state index contributed by atoms with van der Waals surface area (Å²) in [5.41, 5.74) is 2.03. The van der Waals surface area contributed by atoms with Gasteiger partial charge in [0.25, 0.3) is 17.5 Å². The van der Waals surface area contributed by atoms with Crippen LogP contribution in [0.5, 0.6) is 0 Å². The van der Waals surface area contributed by atoms with Gasteiger partial charge in [-0.05, 0) is 66.2 Å². The average molecular weight is 632 g/mol. The Balaban J connectivity index is 1.42. The monoisotopic (exact) mass is 630 g/mol. The number of rotatable bonds is 10. The number of nitro groups is 1. The Hall–Kier alpha value is -4.74. The first-order valence-electron chi connectivity index (χ1n) is 12.2. The average Bonchev–Trinajstić information content (AvgIpc) is 2.96. The van der Waals surface area contributed by atoms with E-state index in [1.807, 2.05) is 24.3 Å². The lowest BCUT2D eigenvalue weighted by molar-refractivity contribution is -0.384. The topological polar surface area (TPSA) is 130 Å². The zero-order valence-electron chi connectivity index (χ0n) is 21.4. The minimum absolute atomic E-state index is 0.0532. The van der Waals surface area contributed by atoms with Crippen LogP contribution in [0.1, 0.15) is 15.9 Å². The van der Waals surface area contributed by atoms with Gasteiger partial charge >= 0.3 is 0 Å². The third kappa shape index (κ3) is 8.88. The molecule has 0 fully saturated rings. The Morgan fingerprint density at radius 1 is 0.829 bits per heavy atom. The van der Waals surface area contributed by atoms with Gasteiger partial charge < -0.3 is 16.0 Å². The van der Waals surface area contributed by atoms with Gasteiger partial charge in [-0.1, -0.05) is 52.3 Å². The number of nitro benzene ring substituents is 1. The molecule has 4 aromatic rings. The summed E-state index contributed by atoms with van der Waals surface area (Å²) in [6.07, 6.45) is 1.59. The number of halogens is 1. The summed E-state index contributed by atoms with van der Waals surface area (Å²) in [6.45, 7) is 0. The molecule has 0 aromatic heterocycles. The van der Waals surface area contributed by atoms with E-state index < -0.39 is 16.7 Å². The molecule has 0 saturated heterocycles. The molecule has 3 amide bonds. The number of carbonyl (C=O) groups excluding carboxylic acids is 3. The van der Waals surface area contributed by atoms with E-state index in [4.69, 9.17) is 0 Å². The summed E-state index contributed by atoms with van der Waals surface area (Å²) in [5, 5.41) is 19.0. The molecule has 9 nitrogen and oxygen atoms in total. The predicted octanol–water partition coefficient (Wildman–Crippen LogP) is 6.50. The number of carbonyl (C=O) groups is 3. The second kappa shape index (κ2) is 14.1. The summed E-state index contributed by atoms with van der Waals surface area (Å²) in [5.74, 6) is -1.16. The van der Waals surface area contributed by atoms with Gasteiger partial charge in [0, 0.05) is 38.4 Å². The van der Waals surface area contributed by atoms with Crippen LogP contribution >= 0.6 is 27.7 Å².